The second kappa shape index (κ2) is 4.19. The van der Waals surface area contributed by atoms with Gasteiger partial charge in [0.2, 0.25) is 0 Å². The van der Waals surface area contributed by atoms with Crippen molar-refractivity contribution in [2.24, 2.45) is 0 Å². The summed E-state index contributed by atoms with van der Waals surface area (Å²) in [6.07, 6.45) is 3.29. The molecule has 0 radical (unpaired) electrons. The van der Waals surface area contributed by atoms with Crippen molar-refractivity contribution in [2.75, 3.05) is 0 Å². The van der Waals surface area contributed by atoms with Crippen molar-refractivity contribution in [1.29, 1.82) is 0 Å². The zero-order chi connectivity index (χ0) is 12.5. The minimum atomic E-state index is -1.02. The van der Waals surface area contributed by atoms with Crippen LogP contribution in [0.15, 0.2) is 42.0 Å². The van der Waals surface area contributed by atoms with Gasteiger partial charge in [0.25, 0.3) is 0 Å². The summed E-state index contributed by atoms with van der Waals surface area (Å²) in [4.78, 5) is 20.4. The maximum Gasteiger partial charge on any atom is 0.355 e. The van der Waals surface area contributed by atoms with Gasteiger partial charge in [-0.1, -0.05) is 6.07 Å². The highest BCUT2D eigenvalue weighted by atomic mass is 32.1. The lowest BCUT2D eigenvalue weighted by Gasteiger charge is -2.05. The summed E-state index contributed by atoms with van der Waals surface area (Å²) in [5.41, 5.74) is 1.36. The summed E-state index contributed by atoms with van der Waals surface area (Å²) in [6.45, 7) is 0. The van der Waals surface area contributed by atoms with E-state index in [1.54, 1.807) is 18.5 Å². The SMILES string of the molecule is O=C(O)c1nc2ccncc2cc1-c1cccs1. The van der Waals surface area contributed by atoms with Crippen LogP contribution >= 0.6 is 11.3 Å². The monoisotopic (exact) mass is 256 g/mol. The van der Waals surface area contributed by atoms with Crippen LogP contribution in [0.5, 0.6) is 0 Å². The Morgan fingerprint density at radius 1 is 1.33 bits per heavy atom. The summed E-state index contributed by atoms with van der Waals surface area (Å²) in [7, 11) is 0. The van der Waals surface area contributed by atoms with E-state index in [0.717, 1.165) is 10.3 Å². The van der Waals surface area contributed by atoms with Gasteiger partial charge in [-0.05, 0) is 23.6 Å². The van der Waals surface area contributed by atoms with Crippen LogP contribution < -0.4 is 0 Å². The molecule has 0 aliphatic rings. The number of nitrogens with zero attached hydrogens (tertiary/aromatic N) is 2. The Kier molecular flexibility index (Phi) is 2.53. The van der Waals surface area contributed by atoms with E-state index in [4.69, 9.17) is 0 Å². The molecule has 0 aliphatic heterocycles. The highest BCUT2D eigenvalue weighted by Gasteiger charge is 2.15. The predicted octanol–water partition coefficient (Wildman–Crippen LogP) is 3.06. The Morgan fingerprint density at radius 2 is 2.22 bits per heavy atom. The second-order valence-electron chi connectivity index (χ2n) is 3.74. The Bertz CT molecular complexity index is 723. The number of aromatic nitrogens is 2. The molecule has 3 aromatic heterocycles. The van der Waals surface area contributed by atoms with Gasteiger partial charge in [0.1, 0.15) is 0 Å². The zero-order valence-corrected chi connectivity index (χ0v) is 10.0. The molecule has 0 unspecified atom stereocenters. The molecule has 4 nitrogen and oxygen atoms in total. The minimum Gasteiger partial charge on any atom is -0.476 e. The first-order chi connectivity index (χ1) is 8.75. The van der Waals surface area contributed by atoms with Crippen LogP contribution in [0.1, 0.15) is 10.5 Å². The molecule has 5 heteroatoms. The van der Waals surface area contributed by atoms with Gasteiger partial charge in [-0.2, -0.15) is 0 Å². The number of carbonyl (C=O) groups is 1. The Morgan fingerprint density at radius 3 is 2.94 bits per heavy atom. The molecule has 3 aromatic rings. The van der Waals surface area contributed by atoms with E-state index in [-0.39, 0.29) is 5.69 Å². The van der Waals surface area contributed by atoms with Gasteiger partial charge >= 0.3 is 5.97 Å². The summed E-state index contributed by atoms with van der Waals surface area (Å²) < 4.78 is 0. The second-order valence-corrected chi connectivity index (χ2v) is 4.68. The lowest BCUT2D eigenvalue weighted by Crippen LogP contribution is -2.03. The minimum absolute atomic E-state index is 0.0798. The molecule has 0 atom stereocenters. The Hall–Kier alpha value is -2.27. The number of pyridine rings is 2. The van der Waals surface area contributed by atoms with Gasteiger partial charge in [-0.15, -0.1) is 11.3 Å². The van der Waals surface area contributed by atoms with E-state index in [1.165, 1.54) is 11.3 Å². The van der Waals surface area contributed by atoms with E-state index in [0.29, 0.717) is 11.1 Å². The van der Waals surface area contributed by atoms with E-state index in [2.05, 4.69) is 9.97 Å². The quantitative estimate of drug-likeness (QED) is 0.765. The molecule has 0 saturated heterocycles. The van der Waals surface area contributed by atoms with Crippen LogP contribution in [0.25, 0.3) is 21.3 Å². The maximum absolute atomic E-state index is 11.3. The number of hydrogen-bond donors (Lipinski definition) is 1. The van der Waals surface area contributed by atoms with Crippen LogP contribution in [0.3, 0.4) is 0 Å². The van der Waals surface area contributed by atoms with Crippen LogP contribution in [0.4, 0.5) is 0 Å². The molecule has 18 heavy (non-hydrogen) atoms. The summed E-state index contributed by atoms with van der Waals surface area (Å²) in [5.74, 6) is -1.02. The Labute approximate surface area is 107 Å². The molecule has 88 valence electrons. The van der Waals surface area contributed by atoms with Gasteiger partial charge in [-0.25, -0.2) is 9.78 Å². The van der Waals surface area contributed by atoms with E-state index < -0.39 is 5.97 Å². The van der Waals surface area contributed by atoms with Gasteiger partial charge in [0.05, 0.1) is 5.52 Å². The van der Waals surface area contributed by atoms with Crippen molar-refractivity contribution in [2.45, 2.75) is 0 Å². The third kappa shape index (κ3) is 1.74. The lowest BCUT2D eigenvalue weighted by molar-refractivity contribution is 0.0692. The highest BCUT2D eigenvalue weighted by Crippen LogP contribution is 2.29. The van der Waals surface area contributed by atoms with Crippen molar-refractivity contribution in [3.8, 4) is 10.4 Å². The Balaban J connectivity index is 2.34. The number of carboxylic acid groups (broad SMARTS) is 1. The average Bonchev–Trinajstić information content (AvgIpc) is 2.91. The summed E-state index contributed by atoms with van der Waals surface area (Å²) in [5, 5.41) is 12.0. The van der Waals surface area contributed by atoms with Crippen LogP contribution in [0, 0.1) is 0 Å². The summed E-state index contributed by atoms with van der Waals surface area (Å²) >= 11 is 1.49. The number of hydrogen-bond acceptors (Lipinski definition) is 4. The molecule has 1 N–H and O–H groups in total. The lowest BCUT2D eigenvalue weighted by atomic mass is 10.1. The van der Waals surface area contributed by atoms with E-state index >= 15 is 0 Å². The molecule has 0 bridgehead atoms. The number of carboxylic acids is 1. The van der Waals surface area contributed by atoms with Crippen LogP contribution in [0.2, 0.25) is 0 Å². The molecule has 3 heterocycles. The van der Waals surface area contributed by atoms with Gasteiger partial charge < -0.3 is 5.11 Å². The van der Waals surface area contributed by atoms with E-state index in [9.17, 15) is 9.90 Å². The fraction of sp³-hybridized carbons (Fsp3) is 0. The molecule has 0 fully saturated rings. The number of fused-ring (bicyclic) bond motifs is 1. The van der Waals surface area contributed by atoms with Crippen molar-refractivity contribution in [3.05, 3.63) is 47.7 Å². The fourth-order valence-corrected chi connectivity index (χ4v) is 2.54. The number of aromatic carboxylic acids is 1. The summed E-state index contributed by atoms with van der Waals surface area (Å²) in [6, 6.07) is 7.31. The molecule has 0 aliphatic carbocycles. The first-order valence-corrected chi connectivity index (χ1v) is 6.15. The third-order valence-corrected chi connectivity index (χ3v) is 3.51. The molecule has 0 aromatic carbocycles. The molecular weight excluding hydrogens is 248 g/mol. The van der Waals surface area contributed by atoms with Crippen molar-refractivity contribution in [3.63, 3.8) is 0 Å². The first kappa shape index (κ1) is 10.9. The highest BCUT2D eigenvalue weighted by molar-refractivity contribution is 7.13. The van der Waals surface area contributed by atoms with Gasteiger partial charge in [-0.3, -0.25) is 4.98 Å². The molecular formula is C13H8N2O2S. The largest absolute Gasteiger partial charge is 0.476 e. The normalized spacial score (nSPS) is 10.7. The smallest absolute Gasteiger partial charge is 0.355 e. The van der Waals surface area contributed by atoms with E-state index in [1.807, 2.05) is 23.6 Å². The zero-order valence-electron chi connectivity index (χ0n) is 9.20. The van der Waals surface area contributed by atoms with Crippen LogP contribution in [-0.4, -0.2) is 21.0 Å². The topological polar surface area (TPSA) is 63.1 Å². The van der Waals surface area contributed by atoms with Gasteiger partial charge in [0, 0.05) is 28.2 Å². The van der Waals surface area contributed by atoms with Crippen molar-refractivity contribution < 1.29 is 9.90 Å². The predicted molar refractivity (Wildman–Crippen MR) is 69.8 cm³/mol. The molecule has 0 saturated carbocycles. The average molecular weight is 256 g/mol. The number of thiophene rings is 1. The maximum atomic E-state index is 11.3. The standard InChI is InChI=1S/C13H8N2O2S/c16-13(17)12-9(11-2-1-5-18-11)6-8-7-14-4-3-10(8)15-12/h1-7H,(H,16,17). The number of rotatable bonds is 2. The molecule has 0 amide bonds. The third-order valence-electron chi connectivity index (χ3n) is 2.60. The molecule has 3 rings (SSSR count). The molecule has 0 spiro atoms. The van der Waals surface area contributed by atoms with Crippen molar-refractivity contribution in [1.82, 2.24) is 9.97 Å². The first-order valence-electron chi connectivity index (χ1n) is 5.27. The van der Waals surface area contributed by atoms with Crippen LogP contribution in [-0.2, 0) is 0 Å². The van der Waals surface area contributed by atoms with Crippen molar-refractivity contribution >= 4 is 28.2 Å². The van der Waals surface area contributed by atoms with Gasteiger partial charge in [0.15, 0.2) is 5.69 Å². The fourth-order valence-electron chi connectivity index (χ4n) is 1.80.